The summed E-state index contributed by atoms with van der Waals surface area (Å²) in [6, 6.07) is 10.4. The van der Waals surface area contributed by atoms with Crippen LogP contribution in [0.5, 0.6) is 0 Å². The number of hydrogen-bond donors (Lipinski definition) is 2. The van der Waals surface area contributed by atoms with Gasteiger partial charge in [-0.05, 0) is 37.4 Å². The molecule has 4 rings (SSSR count). The lowest BCUT2D eigenvalue weighted by atomic mass is 9.77. The van der Waals surface area contributed by atoms with Gasteiger partial charge >= 0.3 is 0 Å². The molecule has 2 aromatic rings. The van der Waals surface area contributed by atoms with Crippen molar-refractivity contribution in [2.75, 3.05) is 13.1 Å². The van der Waals surface area contributed by atoms with Gasteiger partial charge in [0.15, 0.2) is 0 Å². The Morgan fingerprint density at radius 1 is 1.38 bits per heavy atom. The molecule has 0 aliphatic carbocycles. The maximum absolute atomic E-state index is 11.1. The third-order valence-corrected chi connectivity index (χ3v) is 5.08. The first-order valence-electron chi connectivity index (χ1n) is 7.66. The normalized spacial score (nSPS) is 28.9. The summed E-state index contributed by atoms with van der Waals surface area (Å²) in [4.78, 5) is 5.86. The van der Waals surface area contributed by atoms with Crippen LogP contribution in [0.4, 0.5) is 0 Å². The Morgan fingerprint density at radius 2 is 2.24 bits per heavy atom. The van der Waals surface area contributed by atoms with Crippen LogP contribution in [0.3, 0.4) is 0 Å². The van der Waals surface area contributed by atoms with E-state index in [1.807, 2.05) is 6.07 Å². The second-order valence-corrected chi connectivity index (χ2v) is 6.29. The van der Waals surface area contributed by atoms with E-state index in [0.29, 0.717) is 6.42 Å². The predicted octanol–water partition coefficient (Wildman–Crippen LogP) is 2.51. The van der Waals surface area contributed by atoms with Crippen LogP contribution in [0, 0.1) is 11.3 Å². The lowest BCUT2D eigenvalue weighted by Crippen LogP contribution is -2.53. The molecule has 2 atom stereocenters. The number of aromatic nitrogens is 1. The van der Waals surface area contributed by atoms with Crippen molar-refractivity contribution < 1.29 is 5.11 Å². The van der Waals surface area contributed by atoms with E-state index in [4.69, 9.17) is 5.26 Å². The Morgan fingerprint density at radius 3 is 3.10 bits per heavy atom. The molecule has 1 fully saturated rings. The van der Waals surface area contributed by atoms with Gasteiger partial charge in [0.1, 0.15) is 0 Å². The van der Waals surface area contributed by atoms with E-state index < -0.39 is 5.60 Å². The number of nitrogens with one attached hydrogen (secondary N) is 1. The molecule has 21 heavy (non-hydrogen) atoms. The molecule has 4 heteroatoms. The Kier molecular flexibility index (Phi) is 2.81. The first kappa shape index (κ1) is 12.9. The topological polar surface area (TPSA) is 63.0 Å². The molecule has 108 valence electrons. The van der Waals surface area contributed by atoms with Crippen molar-refractivity contribution in [1.29, 1.82) is 5.26 Å². The van der Waals surface area contributed by atoms with Crippen molar-refractivity contribution in [3.05, 3.63) is 35.5 Å². The lowest BCUT2D eigenvalue weighted by molar-refractivity contribution is -0.0849. The average molecular weight is 281 g/mol. The number of piperidine rings is 1. The molecule has 0 radical (unpaired) electrons. The monoisotopic (exact) mass is 281 g/mol. The molecule has 0 bridgehead atoms. The SMILES string of the molecule is N#CC[C@]1(O)CCCN2CCc3c([nH]c4ccccc34)[C@@H]21. The third kappa shape index (κ3) is 1.81. The highest BCUT2D eigenvalue weighted by atomic mass is 16.3. The molecule has 0 saturated carbocycles. The minimum atomic E-state index is -0.928. The molecule has 4 nitrogen and oxygen atoms in total. The molecule has 2 N–H and O–H groups in total. The van der Waals surface area contributed by atoms with Crippen LogP contribution >= 0.6 is 0 Å². The Balaban J connectivity index is 1.89. The van der Waals surface area contributed by atoms with Gasteiger partial charge in [-0.15, -0.1) is 0 Å². The van der Waals surface area contributed by atoms with Gasteiger partial charge in [-0.1, -0.05) is 18.2 Å². The number of nitrogens with zero attached hydrogens (tertiary/aromatic N) is 2. The number of para-hydroxylation sites is 1. The number of benzene rings is 1. The zero-order valence-electron chi connectivity index (χ0n) is 12.0. The van der Waals surface area contributed by atoms with Crippen LogP contribution in [0.15, 0.2) is 24.3 Å². The average Bonchev–Trinajstić information content (AvgIpc) is 2.85. The molecule has 1 aromatic carbocycles. The third-order valence-electron chi connectivity index (χ3n) is 5.08. The predicted molar refractivity (Wildman–Crippen MR) is 80.7 cm³/mol. The number of rotatable bonds is 1. The minimum Gasteiger partial charge on any atom is -0.387 e. The van der Waals surface area contributed by atoms with Crippen LogP contribution in [0.2, 0.25) is 0 Å². The summed E-state index contributed by atoms with van der Waals surface area (Å²) >= 11 is 0. The number of fused-ring (bicyclic) bond motifs is 5. The first-order chi connectivity index (χ1) is 10.2. The number of hydrogen-bond acceptors (Lipinski definition) is 3. The summed E-state index contributed by atoms with van der Waals surface area (Å²) < 4.78 is 0. The summed E-state index contributed by atoms with van der Waals surface area (Å²) in [5, 5.41) is 21.4. The Labute approximate surface area is 124 Å². The van der Waals surface area contributed by atoms with Crippen molar-refractivity contribution in [1.82, 2.24) is 9.88 Å². The van der Waals surface area contributed by atoms with Gasteiger partial charge in [0.25, 0.3) is 0 Å². The molecule has 0 spiro atoms. The fourth-order valence-electron chi connectivity index (χ4n) is 4.19. The van der Waals surface area contributed by atoms with E-state index in [2.05, 4.69) is 34.2 Å². The van der Waals surface area contributed by atoms with Crippen LogP contribution in [0.25, 0.3) is 10.9 Å². The van der Waals surface area contributed by atoms with E-state index in [1.54, 1.807) is 0 Å². The Hall–Kier alpha value is -1.83. The zero-order chi connectivity index (χ0) is 14.4. The molecular weight excluding hydrogens is 262 g/mol. The van der Waals surface area contributed by atoms with Gasteiger partial charge in [0, 0.05) is 23.1 Å². The van der Waals surface area contributed by atoms with Crippen molar-refractivity contribution in [2.24, 2.45) is 0 Å². The molecule has 1 aromatic heterocycles. The van der Waals surface area contributed by atoms with Gasteiger partial charge in [-0.2, -0.15) is 5.26 Å². The van der Waals surface area contributed by atoms with E-state index >= 15 is 0 Å². The van der Waals surface area contributed by atoms with Gasteiger partial charge in [-0.25, -0.2) is 0 Å². The van der Waals surface area contributed by atoms with E-state index in [1.165, 1.54) is 10.9 Å². The van der Waals surface area contributed by atoms with Crippen molar-refractivity contribution >= 4 is 10.9 Å². The molecule has 0 amide bonds. The number of nitriles is 1. The standard InChI is InChI=1S/C17H19N3O/c18-9-8-17(21)7-3-10-20-11-6-13-12-4-1-2-5-14(12)19-15(13)16(17)20/h1-2,4-5,16,19,21H,3,6-8,10-11H2/t16-,17-/m1/s1. The molecule has 3 heterocycles. The van der Waals surface area contributed by atoms with Crippen molar-refractivity contribution in [2.45, 2.75) is 37.3 Å². The van der Waals surface area contributed by atoms with Crippen LogP contribution < -0.4 is 0 Å². The highest BCUT2D eigenvalue weighted by Crippen LogP contribution is 2.45. The van der Waals surface area contributed by atoms with Crippen molar-refractivity contribution in [3.8, 4) is 6.07 Å². The summed E-state index contributed by atoms with van der Waals surface area (Å²) in [6.07, 6.45) is 2.88. The maximum atomic E-state index is 11.1. The first-order valence-corrected chi connectivity index (χ1v) is 7.66. The fraction of sp³-hybridized carbons (Fsp3) is 0.471. The molecular formula is C17H19N3O. The number of H-pyrrole nitrogens is 1. The number of aliphatic hydroxyl groups is 1. The van der Waals surface area contributed by atoms with E-state index in [-0.39, 0.29) is 12.5 Å². The highest BCUT2D eigenvalue weighted by Gasteiger charge is 2.47. The van der Waals surface area contributed by atoms with Gasteiger partial charge in [-0.3, -0.25) is 4.90 Å². The molecule has 2 aliphatic heterocycles. The summed E-state index contributed by atoms with van der Waals surface area (Å²) in [7, 11) is 0. The van der Waals surface area contributed by atoms with E-state index in [0.717, 1.165) is 37.1 Å². The molecule has 1 saturated heterocycles. The van der Waals surface area contributed by atoms with Crippen LogP contribution in [0.1, 0.15) is 36.6 Å². The largest absolute Gasteiger partial charge is 0.387 e. The van der Waals surface area contributed by atoms with Crippen LogP contribution in [-0.4, -0.2) is 33.7 Å². The number of aromatic amines is 1. The van der Waals surface area contributed by atoms with Gasteiger partial charge in [0.2, 0.25) is 0 Å². The fourth-order valence-corrected chi connectivity index (χ4v) is 4.19. The summed E-state index contributed by atoms with van der Waals surface area (Å²) in [5.74, 6) is 0. The van der Waals surface area contributed by atoms with Crippen LogP contribution in [-0.2, 0) is 6.42 Å². The molecule has 0 unspecified atom stereocenters. The quantitative estimate of drug-likeness (QED) is 0.844. The summed E-state index contributed by atoms with van der Waals surface area (Å²) in [6.45, 7) is 1.97. The second kappa shape index (κ2) is 4.59. The molecule has 2 aliphatic rings. The lowest BCUT2D eigenvalue weighted by Gasteiger charge is -2.48. The van der Waals surface area contributed by atoms with Gasteiger partial charge < -0.3 is 10.1 Å². The highest BCUT2D eigenvalue weighted by molar-refractivity contribution is 5.85. The van der Waals surface area contributed by atoms with Gasteiger partial charge in [0.05, 0.1) is 24.1 Å². The van der Waals surface area contributed by atoms with E-state index in [9.17, 15) is 5.11 Å². The van der Waals surface area contributed by atoms with Crippen molar-refractivity contribution in [3.63, 3.8) is 0 Å². The second-order valence-electron chi connectivity index (χ2n) is 6.29. The Bertz CT molecular complexity index is 729. The smallest absolute Gasteiger partial charge is 0.0987 e. The maximum Gasteiger partial charge on any atom is 0.0987 e. The summed E-state index contributed by atoms with van der Waals surface area (Å²) in [5.41, 5.74) is 2.66. The zero-order valence-corrected chi connectivity index (χ0v) is 12.0. The minimum absolute atomic E-state index is 0.0675.